The summed E-state index contributed by atoms with van der Waals surface area (Å²) in [5.74, 6) is -5.92. The number of benzene rings is 2. The molecule has 0 aliphatic carbocycles. The van der Waals surface area contributed by atoms with Crippen molar-refractivity contribution in [2.45, 2.75) is 31.0 Å². The van der Waals surface area contributed by atoms with Crippen molar-refractivity contribution in [3.8, 4) is 11.5 Å². The fourth-order valence-corrected chi connectivity index (χ4v) is 5.76. The molecule has 0 aliphatic heterocycles. The van der Waals surface area contributed by atoms with Crippen LogP contribution in [0.2, 0.25) is 0 Å². The fraction of sp³-hybridized carbons (Fsp3) is 0.538. The predicted molar refractivity (Wildman–Crippen MR) is 222 cm³/mol. The number of sulfonamides is 1. The van der Waals surface area contributed by atoms with Crippen molar-refractivity contribution in [1.82, 2.24) is 15.4 Å². The standard InChI is InChI=1S/C39H58F2N6O15S/c1-3-55-11-8-44-37(51)33(48)34(49)38(52)45-9-12-56-14-16-58-18-20-60-22-23-61-21-19-59-17-15-57-13-10-46-63(53,54)30-6-4-29(5-7-30)62-35-31(40)25-28(26-32(35)41)24-27(2)36(50)47-39(42)43/h4-7,24-26,33-34,46,48-49H,3,8-23H2,1-2H3,(H,44,51)(H,45,52)(H4,42,43,47,50)/b27-24+. The van der Waals surface area contributed by atoms with Crippen molar-refractivity contribution in [2.24, 2.45) is 16.5 Å². The number of rotatable bonds is 34. The second-order valence-corrected chi connectivity index (χ2v) is 14.6. The number of nitrogens with zero attached hydrogens (tertiary/aromatic N) is 1. The highest BCUT2D eigenvalue weighted by Crippen LogP contribution is 2.30. The maximum Gasteiger partial charge on any atom is 0.275 e. The molecule has 21 nitrogen and oxygen atoms in total. The molecule has 3 amide bonds. The number of amides is 3. The normalized spacial score (nSPS) is 12.7. The highest BCUT2D eigenvalue weighted by molar-refractivity contribution is 7.89. The highest BCUT2D eigenvalue weighted by Gasteiger charge is 2.29. The summed E-state index contributed by atoms with van der Waals surface area (Å²) in [6.07, 6.45) is -2.65. The van der Waals surface area contributed by atoms with Crippen molar-refractivity contribution >= 4 is 39.8 Å². The molecule has 0 bridgehead atoms. The van der Waals surface area contributed by atoms with Gasteiger partial charge in [-0.15, -0.1) is 0 Å². The zero-order chi connectivity index (χ0) is 46.5. The van der Waals surface area contributed by atoms with Gasteiger partial charge in [0.25, 0.3) is 17.7 Å². The number of ether oxygens (including phenoxy) is 8. The van der Waals surface area contributed by atoms with E-state index in [1.807, 2.05) is 0 Å². The average Bonchev–Trinajstić information content (AvgIpc) is 3.24. The minimum absolute atomic E-state index is 0.0181. The Hall–Kier alpha value is -4.73. The number of nitrogens with two attached hydrogens (primary N) is 2. The first-order valence-corrected chi connectivity index (χ1v) is 21.2. The van der Waals surface area contributed by atoms with Gasteiger partial charge in [-0.05, 0) is 61.9 Å². The van der Waals surface area contributed by atoms with Gasteiger partial charge >= 0.3 is 0 Å². The Morgan fingerprint density at radius 2 is 1.11 bits per heavy atom. The van der Waals surface area contributed by atoms with Crippen LogP contribution in [0.1, 0.15) is 19.4 Å². The summed E-state index contributed by atoms with van der Waals surface area (Å²) in [7, 11) is -3.93. The second kappa shape index (κ2) is 31.2. The average molecular weight is 921 g/mol. The Balaban J connectivity index is 1.45. The molecule has 24 heteroatoms. The van der Waals surface area contributed by atoms with Gasteiger partial charge in [0.2, 0.25) is 10.0 Å². The van der Waals surface area contributed by atoms with Crippen molar-refractivity contribution in [3.63, 3.8) is 0 Å². The molecule has 2 aromatic carbocycles. The van der Waals surface area contributed by atoms with Gasteiger partial charge < -0.3 is 70.2 Å². The summed E-state index contributed by atoms with van der Waals surface area (Å²) in [6, 6.07) is 6.78. The molecule has 2 aromatic rings. The Morgan fingerprint density at radius 1 is 0.698 bits per heavy atom. The molecular formula is C39H58F2N6O15S. The molecule has 2 rings (SSSR count). The third-order valence-corrected chi connectivity index (χ3v) is 9.33. The van der Waals surface area contributed by atoms with E-state index >= 15 is 0 Å². The Morgan fingerprint density at radius 3 is 1.54 bits per heavy atom. The quantitative estimate of drug-likeness (QED) is 0.0198. The molecule has 0 saturated heterocycles. The van der Waals surface area contributed by atoms with Crippen LogP contribution in [0, 0.1) is 11.6 Å². The fourth-order valence-electron chi connectivity index (χ4n) is 4.75. The number of guanidine groups is 1. The SMILES string of the molecule is CCOCCNC(=O)C(O)C(O)C(=O)NCCOCCOCCOCCOCCOCCOCCNS(=O)(=O)c1ccc(Oc2c(F)cc(/C=C(\C)C(=O)N=C(N)N)cc2F)cc1. The summed E-state index contributed by atoms with van der Waals surface area (Å²) < 4.78 is 99.9. The maximum absolute atomic E-state index is 14.7. The van der Waals surface area contributed by atoms with Gasteiger partial charge in [0, 0.05) is 31.8 Å². The maximum atomic E-state index is 14.7. The van der Waals surface area contributed by atoms with Gasteiger partial charge in [-0.3, -0.25) is 14.4 Å². The van der Waals surface area contributed by atoms with E-state index in [0.29, 0.717) is 46.2 Å². The minimum Gasteiger partial charge on any atom is -0.451 e. The van der Waals surface area contributed by atoms with E-state index in [2.05, 4.69) is 20.3 Å². The van der Waals surface area contributed by atoms with Crippen LogP contribution in [-0.4, -0.2) is 167 Å². The Kier molecular flexibility index (Phi) is 26.9. The number of hydrogen-bond donors (Lipinski definition) is 7. The smallest absolute Gasteiger partial charge is 0.275 e. The van der Waals surface area contributed by atoms with Gasteiger partial charge in [0.1, 0.15) is 5.75 Å². The monoisotopic (exact) mass is 920 g/mol. The van der Waals surface area contributed by atoms with Crippen LogP contribution in [-0.2, 0) is 57.6 Å². The van der Waals surface area contributed by atoms with Crippen molar-refractivity contribution in [1.29, 1.82) is 0 Å². The third-order valence-electron chi connectivity index (χ3n) is 7.86. The van der Waals surface area contributed by atoms with E-state index < -0.39 is 63.3 Å². The molecule has 0 radical (unpaired) electrons. The van der Waals surface area contributed by atoms with Gasteiger partial charge in [0.05, 0.1) is 90.8 Å². The lowest BCUT2D eigenvalue weighted by molar-refractivity contribution is -0.146. The number of aliphatic imine (C=N–C) groups is 1. The van der Waals surface area contributed by atoms with E-state index in [0.717, 1.165) is 12.1 Å². The topological polar surface area (TPSA) is 300 Å². The molecule has 63 heavy (non-hydrogen) atoms. The van der Waals surface area contributed by atoms with Crippen molar-refractivity contribution in [3.05, 3.63) is 59.2 Å². The molecule has 0 saturated carbocycles. The van der Waals surface area contributed by atoms with Crippen LogP contribution in [0.4, 0.5) is 8.78 Å². The third kappa shape index (κ3) is 23.0. The molecule has 2 unspecified atom stereocenters. The molecular weight excluding hydrogens is 863 g/mol. The molecule has 0 aliphatic rings. The lowest BCUT2D eigenvalue weighted by Crippen LogP contribution is -2.50. The van der Waals surface area contributed by atoms with E-state index in [4.69, 9.17) is 49.4 Å². The highest BCUT2D eigenvalue weighted by atomic mass is 32.2. The summed E-state index contributed by atoms with van der Waals surface area (Å²) >= 11 is 0. The molecule has 0 spiro atoms. The molecule has 0 heterocycles. The summed E-state index contributed by atoms with van der Waals surface area (Å²) in [5, 5.41) is 24.4. The van der Waals surface area contributed by atoms with Crippen molar-refractivity contribution in [2.75, 3.05) is 112 Å². The first-order chi connectivity index (χ1) is 30.2. The number of carbonyl (C=O) groups is 3. The van der Waals surface area contributed by atoms with Gasteiger partial charge in [0.15, 0.2) is 35.6 Å². The summed E-state index contributed by atoms with van der Waals surface area (Å²) in [6.45, 7) is 7.18. The Bertz CT molecular complexity index is 1830. The largest absolute Gasteiger partial charge is 0.451 e. The van der Waals surface area contributed by atoms with Crippen LogP contribution in [0.3, 0.4) is 0 Å². The summed E-state index contributed by atoms with van der Waals surface area (Å²) in [5.41, 5.74) is 10.4. The summed E-state index contributed by atoms with van der Waals surface area (Å²) in [4.78, 5) is 38.8. The molecule has 0 fully saturated rings. The lowest BCUT2D eigenvalue weighted by Gasteiger charge is -2.17. The number of hydrogen-bond acceptors (Lipinski definition) is 15. The van der Waals surface area contributed by atoms with Gasteiger partial charge in [-0.2, -0.15) is 4.99 Å². The van der Waals surface area contributed by atoms with E-state index in [9.17, 15) is 41.8 Å². The van der Waals surface area contributed by atoms with Gasteiger partial charge in [-0.25, -0.2) is 21.9 Å². The van der Waals surface area contributed by atoms with Crippen molar-refractivity contribution < 1.29 is 79.7 Å². The number of carbonyl (C=O) groups excluding carboxylic acids is 3. The minimum atomic E-state index is -3.93. The zero-order valence-corrected chi connectivity index (χ0v) is 36.0. The molecule has 0 aromatic heterocycles. The molecule has 2 atom stereocenters. The van der Waals surface area contributed by atoms with E-state index in [-0.39, 0.29) is 87.7 Å². The van der Waals surface area contributed by atoms with Crippen LogP contribution in [0.5, 0.6) is 11.5 Å². The van der Waals surface area contributed by atoms with E-state index in [1.54, 1.807) is 6.92 Å². The lowest BCUT2D eigenvalue weighted by atomic mass is 10.1. The number of nitrogens with one attached hydrogen (secondary N) is 3. The number of aliphatic hydroxyl groups excluding tert-OH is 2. The Labute approximate surface area is 364 Å². The predicted octanol–water partition coefficient (Wildman–Crippen LogP) is -0.671. The first-order valence-electron chi connectivity index (χ1n) is 19.7. The second-order valence-electron chi connectivity index (χ2n) is 12.8. The van der Waals surface area contributed by atoms with Gasteiger partial charge in [-0.1, -0.05) is 0 Å². The molecule has 9 N–H and O–H groups in total. The van der Waals surface area contributed by atoms with Crippen LogP contribution in [0.25, 0.3) is 6.08 Å². The van der Waals surface area contributed by atoms with Crippen LogP contribution in [0.15, 0.2) is 51.9 Å². The van der Waals surface area contributed by atoms with E-state index in [1.165, 1.54) is 37.3 Å². The number of halogens is 2. The van der Waals surface area contributed by atoms with Crippen LogP contribution < -0.4 is 31.6 Å². The van der Waals surface area contributed by atoms with Crippen LogP contribution >= 0.6 is 0 Å². The first kappa shape index (κ1) is 54.4. The molecule has 354 valence electrons. The number of aliphatic hydroxyl groups is 2. The zero-order valence-electron chi connectivity index (χ0n) is 35.2.